The molecule has 0 unspecified atom stereocenters. The lowest BCUT2D eigenvalue weighted by Crippen LogP contribution is -1.70. The van der Waals surface area contributed by atoms with E-state index in [-0.39, 0.29) is 0 Å². The van der Waals surface area contributed by atoms with Crippen LogP contribution in [0.1, 0.15) is 11.9 Å². The standard InChI is InChI=1S/C4H7NS.C3H4N2S/c1-4-5-2-3-6-4;1-3-5-4-2-6-3/h2-3H2,1H3;2H,1H3. The van der Waals surface area contributed by atoms with Gasteiger partial charge in [0.05, 0.1) is 5.04 Å². The monoisotopic (exact) mass is 201 g/mol. The smallest absolute Gasteiger partial charge is 0.114 e. The summed E-state index contributed by atoms with van der Waals surface area (Å²) in [6.45, 7) is 5.02. The minimum absolute atomic E-state index is 1.02. The molecule has 2 rings (SSSR count). The first kappa shape index (κ1) is 9.67. The molecule has 1 aliphatic heterocycles. The van der Waals surface area contributed by atoms with E-state index in [9.17, 15) is 0 Å². The van der Waals surface area contributed by atoms with Crippen LogP contribution in [0.2, 0.25) is 0 Å². The molecule has 3 nitrogen and oxygen atoms in total. The quantitative estimate of drug-likeness (QED) is 0.644. The van der Waals surface area contributed by atoms with E-state index in [1.165, 1.54) is 10.8 Å². The molecule has 12 heavy (non-hydrogen) atoms. The minimum Gasteiger partial charge on any atom is -0.282 e. The summed E-state index contributed by atoms with van der Waals surface area (Å²) in [5.41, 5.74) is 1.72. The van der Waals surface area contributed by atoms with Crippen LogP contribution in [0.15, 0.2) is 10.5 Å². The van der Waals surface area contributed by atoms with Crippen molar-refractivity contribution in [3.63, 3.8) is 0 Å². The van der Waals surface area contributed by atoms with Crippen LogP contribution in [-0.4, -0.2) is 27.5 Å². The Bertz CT molecular complexity index is 243. The van der Waals surface area contributed by atoms with E-state index in [1.807, 2.05) is 18.7 Å². The molecule has 1 aliphatic rings. The maximum absolute atomic E-state index is 4.12. The molecule has 0 fully saturated rings. The number of aliphatic imine (C=N–C) groups is 1. The predicted octanol–water partition coefficient (Wildman–Crippen LogP) is 2.00. The average molecular weight is 201 g/mol. The Morgan fingerprint density at radius 3 is 2.42 bits per heavy atom. The zero-order valence-electron chi connectivity index (χ0n) is 7.15. The molecule has 66 valence electrons. The molecule has 0 radical (unpaired) electrons. The van der Waals surface area contributed by atoms with Gasteiger partial charge in [-0.1, -0.05) is 0 Å². The molecule has 1 aromatic rings. The van der Waals surface area contributed by atoms with E-state index in [1.54, 1.807) is 16.8 Å². The van der Waals surface area contributed by atoms with Crippen molar-refractivity contribution in [1.29, 1.82) is 0 Å². The Balaban J connectivity index is 0.000000120. The minimum atomic E-state index is 1.02. The van der Waals surface area contributed by atoms with Gasteiger partial charge in [0.25, 0.3) is 0 Å². The van der Waals surface area contributed by atoms with Crippen LogP contribution in [0.4, 0.5) is 0 Å². The molecule has 0 saturated heterocycles. The van der Waals surface area contributed by atoms with Crippen LogP contribution in [0.25, 0.3) is 0 Å². The molecule has 0 N–H and O–H groups in total. The van der Waals surface area contributed by atoms with Crippen LogP contribution in [0, 0.1) is 6.92 Å². The summed E-state index contributed by atoms with van der Waals surface area (Å²) in [5.74, 6) is 1.20. The van der Waals surface area contributed by atoms with Gasteiger partial charge in [0, 0.05) is 12.3 Å². The second kappa shape index (κ2) is 5.27. The molecule has 0 bridgehead atoms. The summed E-state index contributed by atoms with van der Waals surface area (Å²) >= 11 is 3.40. The number of thioether (sulfide) groups is 1. The lowest BCUT2D eigenvalue weighted by molar-refractivity contribution is 1.05. The maximum Gasteiger partial charge on any atom is 0.114 e. The van der Waals surface area contributed by atoms with Gasteiger partial charge in [0.15, 0.2) is 0 Å². The van der Waals surface area contributed by atoms with Crippen LogP contribution in [0.3, 0.4) is 0 Å². The molecule has 0 aromatic carbocycles. The van der Waals surface area contributed by atoms with E-state index >= 15 is 0 Å². The first-order valence-corrected chi connectivity index (χ1v) is 5.52. The van der Waals surface area contributed by atoms with Gasteiger partial charge >= 0.3 is 0 Å². The SMILES string of the molecule is CC1=NCCS1.Cc1nncs1. The lowest BCUT2D eigenvalue weighted by Gasteiger charge is -1.76. The van der Waals surface area contributed by atoms with Crippen molar-refractivity contribution in [1.82, 2.24) is 10.2 Å². The fourth-order valence-corrected chi connectivity index (χ4v) is 1.67. The molecule has 1 aromatic heterocycles. The van der Waals surface area contributed by atoms with Crippen LogP contribution in [-0.2, 0) is 0 Å². The van der Waals surface area contributed by atoms with Gasteiger partial charge in [-0.25, -0.2) is 0 Å². The second-order valence-electron chi connectivity index (χ2n) is 2.21. The molecular weight excluding hydrogens is 190 g/mol. The summed E-state index contributed by atoms with van der Waals surface area (Å²) in [4.78, 5) is 4.12. The Morgan fingerprint density at radius 2 is 2.25 bits per heavy atom. The third-order valence-electron chi connectivity index (χ3n) is 1.21. The van der Waals surface area contributed by atoms with E-state index < -0.39 is 0 Å². The average Bonchev–Trinajstić information content (AvgIpc) is 2.63. The fraction of sp³-hybridized carbons (Fsp3) is 0.571. The number of nitrogens with zero attached hydrogens (tertiary/aromatic N) is 3. The fourth-order valence-electron chi connectivity index (χ4n) is 0.670. The molecule has 5 heteroatoms. The van der Waals surface area contributed by atoms with E-state index in [0.717, 1.165) is 11.6 Å². The van der Waals surface area contributed by atoms with Gasteiger partial charge in [0.1, 0.15) is 10.5 Å². The highest BCUT2D eigenvalue weighted by Gasteiger charge is 1.97. The van der Waals surface area contributed by atoms with Gasteiger partial charge < -0.3 is 0 Å². The van der Waals surface area contributed by atoms with Crippen molar-refractivity contribution in [3.8, 4) is 0 Å². The van der Waals surface area contributed by atoms with Crippen LogP contribution >= 0.6 is 23.1 Å². The van der Waals surface area contributed by atoms with E-state index in [0.29, 0.717) is 0 Å². The first-order valence-electron chi connectivity index (χ1n) is 3.65. The zero-order valence-corrected chi connectivity index (χ0v) is 8.78. The van der Waals surface area contributed by atoms with Crippen molar-refractivity contribution in [3.05, 3.63) is 10.5 Å². The summed E-state index contributed by atoms with van der Waals surface area (Å²) < 4.78 is 0. The van der Waals surface area contributed by atoms with Gasteiger partial charge in [-0.3, -0.25) is 4.99 Å². The highest BCUT2D eigenvalue weighted by molar-refractivity contribution is 8.14. The van der Waals surface area contributed by atoms with Crippen LogP contribution < -0.4 is 0 Å². The van der Waals surface area contributed by atoms with Crippen molar-refractivity contribution in [2.45, 2.75) is 13.8 Å². The van der Waals surface area contributed by atoms with Crippen molar-refractivity contribution in [2.75, 3.05) is 12.3 Å². The number of aromatic nitrogens is 2. The number of rotatable bonds is 0. The molecular formula is C7H11N3S2. The largest absolute Gasteiger partial charge is 0.282 e. The lowest BCUT2D eigenvalue weighted by atomic mass is 10.8. The third-order valence-corrected chi connectivity index (χ3v) is 2.76. The van der Waals surface area contributed by atoms with Crippen LogP contribution in [0.5, 0.6) is 0 Å². The number of aryl methyl sites for hydroxylation is 1. The third kappa shape index (κ3) is 3.82. The molecule has 0 amide bonds. The maximum atomic E-state index is 4.12. The van der Waals surface area contributed by atoms with E-state index in [4.69, 9.17) is 0 Å². The Hall–Kier alpha value is -0.420. The summed E-state index contributed by atoms with van der Waals surface area (Å²) in [6, 6.07) is 0. The normalized spacial score (nSPS) is 15.0. The second-order valence-corrected chi connectivity index (χ2v) is 4.53. The first-order chi connectivity index (χ1) is 5.79. The summed E-state index contributed by atoms with van der Waals surface area (Å²) in [7, 11) is 0. The van der Waals surface area contributed by atoms with Gasteiger partial charge in [0.2, 0.25) is 0 Å². The highest BCUT2D eigenvalue weighted by atomic mass is 32.2. The van der Waals surface area contributed by atoms with E-state index in [2.05, 4.69) is 22.1 Å². The van der Waals surface area contributed by atoms with Gasteiger partial charge in [-0.2, -0.15) is 0 Å². The topological polar surface area (TPSA) is 38.1 Å². The molecule has 0 atom stereocenters. The van der Waals surface area contributed by atoms with Crippen molar-refractivity contribution in [2.24, 2.45) is 4.99 Å². The van der Waals surface area contributed by atoms with Crippen molar-refractivity contribution < 1.29 is 0 Å². The van der Waals surface area contributed by atoms with Gasteiger partial charge in [-0.15, -0.1) is 33.3 Å². The number of hydrogen-bond donors (Lipinski definition) is 0. The molecule has 0 aliphatic carbocycles. The van der Waals surface area contributed by atoms with Gasteiger partial charge in [-0.05, 0) is 13.8 Å². The molecule has 2 heterocycles. The number of hydrogen-bond acceptors (Lipinski definition) is 5. The summed E-state index contributed by atoms with van der Waals surface area (Å²) in [6.07, 6.45) is 0. The molecule has 0 spiro atoms. The Labute approximate surface area is 80.3 Å². The highest BCUT2D eigenvalue weighted by Crippen LogP contribution is 2.09. The summed E-state index contributed by atoms with van der Waals surface area (Å²) in [5, 5.41) is 9.54. The van der Waals surface area contributed by atoms with Crippen molar-refractivity contribution >= 4 is 28.1 Å². The Morgan fingerprint density at radius 1 is 1.42 bits per heavy atom. The Kier molecular flexibility index (Phi) is 4.24. The molecule has 0 saturated carbocycles. The predicted molar refractivity (Wildman–Crippen MR) is 55.1 cm³/mol. The zero-order chi connectivity index (χ0) is 8.81.